The van der Waals surface area contributed by atoms with E-state index in [-0.39, 0.29) is 5.56 Å². The van der Waals surface area contributed by atoms with Crippen LogP contribution in [0.3, 0.4) is 0 Å². The zero-order valence-corrected chi connectivity index (χ0v) is 8.78. The molecular formula is C10H10F3NO3. The Morgan fingerprint density at radius 3 is 2.35 bits per heavy atom. The third kappa shape index (κ3) is 2.68. The SMILES string of the molecule is COc1c(C(F)F)cc(F)cc1C(N)C(=O)O. The first-order valence-corrected chi connectivity index (χ1v) is 4.52. The number of rotatable bonds is 4. The minimum Gasteiger partial charge on any atom is -0.496 e. The molecule has 0 fully saturated rings. The van der Waals surface area contributed by atoms with Gasteiger partial charge in [0, 0.05) is 5.56 Å². The minimum atomic E-state index is -2.99. The maximum Gasteiger partial charge on any atom is 0.325 e. The molecule has 1 atom stereocenters. The molecule has 17 heavy (non-hydrogen) atoms. The summed E-state index contributed by atoms with van der Waals surface area (Å²) >= 11 is 0. The molecule has 0 saturated heterocycles. The molecule has 0 aliphatic carbocycles. The molecule has 1 rings (SSSR count). The topological polar surface area (TPSA) is 72.5 Å². The van der Waals surface area contributed by atoms with E-state index in [9.17, 15) is 18.0 Å². The van der Waals surface area contributed by atoms with Crippen LogP contribution in [0.25, 0.3) is 0 Å². The first kappa shape index (κ1) is 13.3. The highest BCUT2D eigenvalue weighted by molar-refractivity contribution is 5.76. The molecule has 0 amide bonds. The lowest BCUT2D eigenvalue weighted by Gasteiger charge is -2.16. The average molecular weight is 249 g/mol. The number of aliphatic carboxylic acids is 1. The standard InChI is InChI=1S/C10H10F3NO3/c1-17-8-5(7(14)10(15)16)2-4(11)3-6(8)9(12)13/h2-3,7,9H,14H2,1H3,(H,15,16). The number of methoxy groups -OCH3 is 1. The van der Waals surface area contributed by atoms with Crippen LogP contribution in [-0.2, 0) is 4.79 Å². The molecule has 94 valence electrons. The van der Waals surface area contributed by atoms with E-state index in [0.29, 0.717) is 6.07 Å². The number of alkyl halides is 2. The van der Waals surface area contributed by atoms with Gasteiger partial charge >= 0.3 is 5.97 Å². The normalized spacial score (nSPS) is 12.6. The van der Waals surface area contributed by atoms with E-state index in [4.69, 9.17) is 10.8 Å². The van der Waals surface area contributed by atoms with E-state index in [1.54, 1.807) is 0 Å². The molecule has 0 spiro atoms. The Morgan fingerprint density at radius 1 is 1.41 bits per heavy atom. The van der Waals surface area contributed by atoms with Gasteiger partial charge in [0.25, 0.3) is 6.43 Å². The van der Waals surface area contributed by atoms with Crippen LogP contribution in [0.2, 0.25) is 0 Å². The van der Waals surface area contributed by atoms with Crippen LogP contribution in [-0.4, -0.2) is 18.2 Å². The second-order valence-electron chi connectivity index (χ2n) is 3.23. The van der Waals surface area contributed by atoms with E-state index in [0.717, 1.165) is 13.2 Å². The number of nitrogens with two attached hydrogens (primary N) is 1. The van der Waals surface area contributed by atoms with Crippen LogP contribution in [0.1, 0.15) is 23.6 Å². The fourth-order valence-electron chi connectivity index (χ4n) is 1.40. The van der Waals surface area contributed by atoms with Crippen molar-refractivity contribution in [2.24, 2.45) is 5.73 Å². The number of carbonyl (C=O) groups is 1. The summed E-state index contributed by atoms with van der Waals surface area (Å²) < 4.78 is 43.0. The molecule has 0 aromatic heterocycles. The van der Waals surface area contributed by atoms with Crippen molar-refractivity contribution in [2.75, 3.05) is 7.11 Å². The fourth-order valence-corrected chi connectivity index (χ4v) is 1.40. The molecule has 3 N–H and O–H groups in total. The van der Waals surface area contributed by atoms with E-state index in [2.05, 4.69) is 4.74 Å². The monoisotopic (exact) mass is 249 g/mol. The highest BCUT2D eigenvalue weighted by Gasteiger charge is 2.25. The van der Waals surface area contributed by atoms with E-state index >= 15 is 0 Å². The van der Waals surface area contributed by atoms with Gasteiger partial charge in [0.05, 0.1) is 12.7 Å². The highest BCUT2D eigenvalue weighted by atomic mass is 19.3. The van der Waals surface area contributed by atoms with E-state index in [1.807, 2.05) is 0 Å². The predicted octanol–water partition coefficient (Wildman–Crippen LogP) is 1.86. The molecule has 7 heteroatoms. The molecule has 0 radical (unpaired) electrons. The van der Waals surface area contributed by atoms with Crippen molar-refractivity contribution in [1.29, 1.82) is 0 Å². The summed E-state index contributed by atoms with van der Waals surface area (Å²) in [5, 5.41) is 8.69. The van der Waals surface area contributed by atoms with Gasteiger partial charge < -0.3 is 15.6 Å². The summed E-state index contributed by atoms with van der Waals surface area (Å²) in [5.41, 5.74) is 4.21. The van der Waals surface area contributed by atoms with Crippen molar-refractivity contribution in [3.05, 3.63) is 29.1 Å². The number of benzene rings is 1. The lowest BCUT2D eigenvalue weighted by atomic mass is 10.0. The summed E-state index contributed by atoms with van der Waals surface area (Å²) in [6.45, 7) is 0. The van der Waals surface area contributed by atoms with Crippen LogP contribution in [0.5, 0.6) is 5.75 Å². The third-order valence-corrected chi connectivity index (χ3v) is 2.15. The van der Waals surface area contributed by atoms with Gasteiger partial charge in [0.15, 0.2) is 0 Å². The Bertz CT molecular complexity index is 437. The van der Waals surface area contributed by atoms with E-state index in [1.165, 1.54) is 0 Å². The van der Waals surface area contributed by atoms with Crippen molar-refractivity contribution in [3.63, 3.8) is 0 Å². The molecule has 0 heterocycles. The van der Waals surface area contributed by atoms with Gasteiger partial charge in [-0.3, -0.25) is 4.79 Å². The lowest BCUT2D eigenvalue weighted by Crippen LogP contribution is -2.22. The first-order valence-electron chi connectivity index (χ1n) is 4.52. The zero-order chi connectivity index (χ0) is 13.2. The maximum absolute atomic E-state index is 13.1. The maximum atomic E-state index is 13.1. The van der Waals surface area contributed by atoms with Crippen molar-refractivity contribution in [1.82, 2.24) is 0 Å². The van der Waals surface area contributed by atoms with Gasteiger partial charge in [-0.15, -0.1) is 0 Å². The molecule has 0 aliphatic rings. The summed E-state index contributed by atoms with van der Waals surface area (Å²) in [6.07, 6.45) is -2.99. The van der Waals surface area contributed by atoms with Crippen molar-refractivity contribution >= 4 is 5.97 Å². The summed E-state index contributed by atoms with van der Waals surface area (Å²) in [5.74, 6) is -2.86. The van der Waals surface area contributed by atoms with Gasteiger partial charge in [-0.1, -0.05) is 0 Å². The van der Waals surface area contributed by atoms with Gasteiger partial charge in [-0.2, -0.15) is 0 Å². The van der Waals surface area contributed by atoms with Crippen molar-refractivity contribution in [3.8, 4) is 5.75 Å². The first-order chi connectivity index (χ1) is 7.88. The molecule has 0 aliphatic heterocycles. The molecular weight excluding hydrogens is 239 g/mol. The number of carboxylic acids is 1. The Hall–Kier alpha value is -1.76. The van der Waals surface area contributed by atoms with Crippen molar-refractivity contribution < 1.29 is 27.8 Å². The third-order valence-electron chi connectivity index (χ3n) is 2.15. The minimum absolute atomic E-state index is 0.324. The summed E-state index contributed by atoms with van der Waals surface area (Å²) in [7, 11) is 1.08. The second-order valence-corrected chi connectivity index (χ2v) is 3.23. The van der Waals surface area contributed by atoms with Gasteiger partial charge in [0.1, 0.15) is 17.6 Å². The Morgan fingerprint density at radius 2 is 1.94 bits per heavy atom. The molecule has 1 unspecified atom stereocenters. The molecule has 0 bridgehead atoms. The molecule has 0 saturated carbocycles. The van der Waals surface area contributed by atoms with Crippen LogP contribution in [0, 0.1) is 5.82 Å². The van der Waals surface area contributed by atoms with Crippen LogP contribution in [0.15, 0.2) is 12.1 Å². The number of carboxylic acid groups (broad SMARTS) is 1. The van der Waals surface area contributed by atoms with Crippen LogP contribution >= 0.6 is 0 Å². The van der Waals surface area contributed by atoms with Crippen LogP contribution in [0.4, 0.5) is 13.2 Å². The number of hydrogen-bond donors (Lipinski definition) is 2. The van der Waals surface area contributed by atoms with Gasteiger partial charge in [0.2, 0.25) is 0 Å². The molecule has 4 nitrogen and oxygen atoms in total. The largest absolute Gasteiger partial charge is 0.496 e. The lowest BCUT2D eigenvalue weighted by molar-refractivity contribution is -0.138. The van der Waals surface area contributed by atoms with Crippen molar-refractivity contribution in [2.45, 2.75) is 12.5 Å². The molecule has 1 aromatic carbocycles. The number of hydrogen-bond acceptors (Lipinski definition) is 3. The highest BCUT2D eigenvalue weighted by Crippen LogP contribution is 2.35. The van der Waals surface area contributed by atoms with Gasteiger partial charge in [-0.25, -0.2) is 13.2 Å². The predicted molar refractivity (Wildman–Crippen MR) is 52.5 cm³/mol. The van der Waals surface area contributed by atoms with Gasteiger partial charge in [-0.05, 0) is 12.1 Å². The fraction of sp³-hybridized carbons (Fsp3) is 0.300. The van der Waals surface area contributed by atoms with E-state index < -0.39 is 35.6 Å². The Labute approximate surface area is 94.8 Å². The smallest absolute Gasteiger partial charge is 0.325 e. The number of ether oxygens (including phenoxy) is 1. The quantitative estimate of drug-likeness (QED) is 0.854. The number of halogens is 3. The summed E-state index contributed by atoms with van der Waals surface area (Å²) in [4.78, 5) is 10.7. The Balaban J connectivity index is 3.43. The zero-order valence-electron chi connectivity index (χ0n) is 8.78. The summed E-state index contributed by atoms with van der Waals surface area (Å²) in [6, 6.07) is -0.274. The Kier molecular flexibility index (Phi) is 3.95. The second kappa shape index (κ2) is 5.05. The average Bonchev–Trinajstić information content (AvgIpc) is 2.26. The molecule has 1 aromatic rings. The van der Waals surface area contributed by atoms with Crippen LogP contribution < -0.4 is 10.5 Å².